The lowest BCUT2D eigenvalue weighted by molar-refractivity contribution is 0.257. The molecule has 3 rings (SSSR count). The van der Waals surface area contributed by atoms with E-state index in [4.69, 9.17) is 9.47 Å². The maximum Gasteiger partial charge on any atom is 0.174 e. The summed E-state index contributed by atoms with van der Waals surface area (Å²) in [5, 5.41) is 18.3. The van der Waals surface area contributed by atoms with Gasteiger partial charge in [-0.15, -0.1) is 10.2 Å². The zero-order valence-corrected chi connectivity index (χ0v) is 16.2. The van der Waals surface area contributed by atoms with Crippen LogP contribution in [0, 0.1) is 17.2 Å². The Kier molecular flexibility index (Phi) is 6.12. The number of allylic oxidation sites excluding steroid dienone is 1. The summed E-state index contributed by atoms with van der Waals surface area (Å²) in [4.78, 5) is 0. The third-order valence-electron chi connectivity index (χ3n) is 4.54. The van der Waals surface area contributed by atoms with E-state index in [0.29, 0.717) is 35.4 Å². The van der Waals surface area contributed by atoms with Crippen LogP contribution in [-0.4, -0.2) is 28.5 Å². The molecule has 0 amide bonds. The normalized spacial score (nSPS) is 14.4. The highest BCUT2D eigenvalue weighted by Gasteiger charge is 2.18. The molecule has 0 fully saturated rings. The van der Waals surface area contributed by atoms with Gasteiger partial charge in [-0.05, 0) is 42.5 Å². The van der Waals surface area contributed by atoms with Crippen LogP contribution in [0.5, 0.6) is 11.5 Å². The van der Waals surface area contributed by atoms with Crippen LogP contribution in [-0.2, 0) is 13.0 Å². The van der Waals surface area contributed by atoms with Gasteiger partial charge in [0.2, 0.25) is 0 Å². The Morgan fingerprint density at radius 1 is 1.26 bits per heavy atom. The second-order valence-corrected chi connectivity index (χ2v) is 7.19. The molecule has 6 nitrogen and oxygen atoms in total. The number of benzene rings is 1. The molecule has 1 aromatic carbocycles. The van der Waals surface area contributed by atoms with Crippen LogP contribution < -0.4 is 9.47 Å². The molecule has 27 heavy (non-hydrogen) atoms. The van der Waals surface area contributed by atoms with Crippen LogP contribution >= 0.6 is 0 Å². The Hall–Kier alpha value is -2.81. The number of aromatic nitrogens is 3. The van der Waals surface area contributed by atoms with Crippen LogP contribution in [0.4, 0.5) is 0 Å². The molecular weight excluding hydrogens is 340 g/mol. The third-order valence-corrected chi connectivity index (χ3v) is 4.54. The maximum absolute atomic E-state index is 9.72. The molecule has 6 heteroatoms. The van der Waals surface area contributed by atoms with E-state index in [0.717, 1.165) is 37.2 Å². The summed E-state index contributed by atoms with van der Waals surface area (Å²) in [6.07, 6.45) is 6.15. The number of methoxy groups -OCH3 is 1. The van der Waals surface area contributed by atoms with Crippen LogP contribution in [0.3, 0.4) is 0 Å². The molecule has 0 atom stereocenters. The number of hydrogen-bond donors (Lipinski definition) is 0. The largest absolute Gasteiger partial charge is 0.493 e. The molecule has 2 aromatic rings. The van der Waals surface area contributed by atoms with Crippen molar-refractivity contribution in [1.29, 1.82) is 5.26 Å². The lowest BCUT2D eigenvalue weighted by atomic mass is 10.1. The first-order valence-electron chi connectivity index (χ1n) is 9.47. The Morgan fingerprint density at radius 3 is 2.85 bits per heavy atom. The van der Waals surface area contributed by atoms with Crippen molar-refractivity contribution in [2.45, 2.75) is 46.1 Å². The number of nitrogens with zero attached hydrogens (tertiary/aromatic N) is 4. The molecule has 0 unspecified atom stereocenters. The number of rotatable bonds is 6. The molecule has 0 saturated heterocycles. The van der Waals surface area contributed by atoms with Crippen molar-refractivity contribution in [3.8, 4) is 17.6 Å². The van der Waals surface area contributed by atoms with Crippen molar-refractivity contribution < 1.29 is 9.47 Å². The lowest BCUT2D eigenvalue weighted by Crippen LogP contribution is -2.06. The fraction of sp³-hybridized carbons (Fsp3) is 0.476. The Balaban J connectivity index is 1.93. The number of hydrogen-bond acceptors (Lipinski definition) is 5. The molecule has 0 radical (unpaired) electrons. The quantitative estimate of drug-likeness (QED) is 0.719. The molecule has 0 saturated carbocycles. The van der Waals surface area contributed by atoms with Crippen molar-refractivity contribution in [3.05, 3.63) is 35.4 Å². The zero-order chi connectivity index (χ0) is 19.2. The van der Waals surface area contributed by atoms with Gasteiger partial charge in [0.15, 0.2) is 17.3 Å². The van der Waals surface area contributed by atoms with E-state index in [2.05, 4.69) is 34.7 Å². The molecule has 0 N–H and O–H groups in total. The molecule has 2 heterocycles. The molecule has 0 bridgehead atoms. The molecule has 1 aromatic heterocycles. The predicted octanol–water partition coefficient (Wildman–Crippen LogP) is 4.11. The van der Waals surface area contributed by atoms with Crippen molar-refractivity contribution in [2.24, 2.45) is 5.92 Å². The highest BCUT2D eigenvalue weighted by Crippen LogP contribution is 2.30. The summed E-state index contributed by atoms with van der Waals surface area (Å²) >= 11 is 0. The minimum absolute atomic E-state index is 0.412. The predicted molar refractivity (Wildman–Crippen MR) is 104 cm³/mol. The molecule has 0 aliphatic carbocycles. The standard InChI is InChI=1S/C21H26N4O2/c1-15(2)14-27-19-12-16(8-9-18(19)26-3)11-17(13-22)21-24-23-20-7-5-4-6-10-25(20)21/h8-9,11-12,15H,4-7,10,14H2,1-3H3/b17-11+. The average Bonchev–Trinajstić information content (AvgIpc) is 2.92. The van der Waals surface area contributed by atoms with Crippen molar-refractivity contribution in [1.82, 2.24) is 14.8 Å². The van der Waals surface area contributed by atoms with Crippen molar-refractivity contribution in [2.75, 3.05) is 13.7 Å². The first-order valence-corrected chi connectivity index (χ1v) is 9.47. The first-order chi connectivity index (χ1) is 13.1. The van der Waals surface area contributed by atoms with E-state index in [1.54, 1.807) is 7.11 Å². The first kappa shape index (κ1) is 19.0. The van der Waals surface area contributed by atoms with Crippen molar-refractivity contribution >= 4 is 11.6 Å². The summed E-state index contributed by atoms with van der Waals surface area (Å²) in [7, 11) is 1.62. The van der Waals surface area contributed by atoms with E-state index >= 15 is 0 Å². The van der Waals surface area contributed by atoms with Gasteiger partial charge in [0, 0.05) is 13.0 Å². The Labute approximate surface area is 160 Å². The van der Waals surface area contributed by atoms with Crippen LogP contribution in [0.25, 0.3) is 11.6 Å². The molecule has 1 aliphatic rings. The van der Waals surface area contributed by atoms with E-state index in [-0.39, 0.29) is 0 Å². The SMILES string of the molecule is COc1ccc(/C=C(\C#N)c2nnc3n2CCCCC3)cc1OCC(C)C. The molecule has 1 aliphatic heterocycles. The molecular formula is C21H26N4O2. The fourth-order valence-electron chi connectivity index (χ4n) is 3.15. The van der Waals surface area contributed by atoms with Gasteiger partial charge in [-0.3, -0.25) is 0 Å². The van der Waals surface area contributed by atoms with Gasteiger partial charge in [0.05, 0.1) is 19.3 Å². The van der Waals surface area contributed by atoms with E-state index in [1.807, 2.05) is 24.3 Å². The minimum atomic E-state index is 0.412. The topological polar surface area (TPSA) is 73.0 Å². The monoisotopic (exact) mass is 366 g/mol. The van der Waals surface area contributed by atoms with Gasteiger partial charge in [-0.25, -0.2) is 0 Å². The summed E-state index contributed by atoms with van der Waals surface area (Å²) < 4.78 is 13.3. The lowest BCUT2D eigenvalue weighted by Gasteiger charge is -2.13. The Morgan fingerprint density at radius 2 is 2.11 bits per heavy atom. The van der Waals surface area contributed by atoms with E-state index < -0.39 is 0 Å². The number of aryl methyl sites for hydroxylation is 1. The van der Waals surface area contributed by atoms with Gasteiger partial charge < -0.3 is 14.0 Å². The number of nitriles is 1. The third kappa shape index (κ3) is 4.48. The van der Waals surface area contributed by atoms with Crippen LogP contribution in [0.1, 0.15) is 50.3 Å². The fourth-order valence-corrected chi connectivity index (χ4v) is 3.15. The molecule has 0 spiro atoms. The second kappa shape index (κ2) is 8.72. The summed E-state index contributed by atoms with van der Waals surface area (Å²) in [6, 6.07) is 7.97. The number of fused-ring (bicyclic) bond motifs is 1. The van der Waals surface area contributed by atoms with Crippen LogP contribution in [0.15, 0.2) is 18.2 Å². The van der Waals surface area contributed by atoms with Gasteiger partial charge in [0.25, 0.3) is 0 Å². The number of ether oxygens (including phenoxy) is 2. The summed E-state index contributed by atoms with van der Waals surface area (Å²) in [5.41, 5.74) is 1.38. The highest BCUT2D eigenvalue weighted by molar-refractivity contribution is 5.87. The average molecular weight is 366 g/mol. The van der Waals surface area contributed by atoms with Gasteiger partial charge >= 0.3 is 0 Å². The summed E-state index contributed by atoms with van der Waals surface area (Å²) in [6.45, 7) is 5.66. The second-order valence-electron chi connectivity index (χ2n) is 7.19. The maximum atomic E-state index is 9.72. The smallest absolute Gasteiger partial charge is 0.174 e. The highest BCUT2D eigenvalue weighted by atomic mass is 16.5. The van der Waals surface area contributed by atoms with Gasteiger partial charge in [-0.2, -0.15) is 5.26 Å². The Bertz CT molecular complexity index is 862. The summed E-state index contributed by atoms with van der Waals surface area (Å²) in [5.74, 6) is 3.39. The van der Waals surface area contributed by atoms with Gasteiger partial charge in [0.1, 0.15) is 11.9 Å². The van der Waals surface area contributed by atoms with Gasteiger partial charge in [-0.1, -0.05) is 26.3 Å². The van der Waals surface area contributed by atoms with E-state index in [9.17, 15) is 5.26 Å². The van der Waals surface area contributed by atoms with Crippen molar-refractivity contribution in [3.63, 3.8) is 0 Å². The van der Waals surface area contributed by atoms with E-state index in [1.165, 1.54) is 6.42 Å². The minimum Gasteiger partial charge on any atom is -0.493 e. The zero-order valence-electron chi connectivity index (χ0n) is 16.2. The van der Waals surface area contributed by atoms with Crippen LogP contribution in [0.2, 0.25) is 0 Å². The molecule has 142 valence electrons.